The van der Waals surface area contributed by atoms with Crippen LogP contribution < -0.4 is 20.4 Å². The molecule has 1 fully saturated rings. The van der Waals surface area contributed by atoms with Gasteiger partial charge >= 0.3 is 0 Å². The first-order valence-electron chi connectivity index (χ1n) is 13.1. The summed E-state index contributed by atoms with van der Waals surface area (Å²) in [5.41, 5.74) is 4.63. The lowest BCUT2D eigenvalue weighted by molar-refractivity contribution is 0.0950. The molecule has 0 bridgehead atoms. The molecule has 36 heavy (non-hydrogen) atoms. The Morgan fingerprint density at radius 3 is 2.50 bits per heavy atom. The average Bonchev–Trinajstić information content (AvgIpc) is 3.34. The van der Waals surface area contributed by atoms with Crippen molar-refractivity contribution in [3.63, 3.8) is 0 Å². The zero-order valence-electron chi connectivity index (χ0n) is 22.2. The highest BCUT2D eigenvalue weighted by atomic mass is 35.5. The molecule has 1 saturated carbocycles. The van der Waals surface area contributed by atoms with Gasteiger partial charge in [-0.1, -0.05) is 11.6 Å². The number of hydrogen-bond acceptors (Lipinski definition) is 5. The summed E-state index contributed by atoms with van der Waals surface area (Å²) in [4.78, 5) is 34.4. The quantitative estimate of drug-likeness (QED) is 0.543. The molecular weight excluding hydrogens is 476 g/mol. The summed E-state index contributed by atoms with van der Waals surface area (Å²) in [5, 5.41) is 3.49. The van der Waals surface area contributed by atoms with Crippen LogP contribution in [-0.2, 0) is 19.4 Å². The van der Waals surface area contributed by atoms with Crippen molar-refractivity contribution in [3.8, 4) is 5.88 Å². The fourth-order valence-corrected chi connectivity index (χ4v) is 6.15. The molecule has 0 unspecified atom stereocenters. The summed E-state index contributed by atoms with van der Waals surface area (Å²) in [6, 6.07) is 4.75. The van der Waals surface area contributed by atoms with E-state index in [4.69, 9.17) is 16.3 Å². The van der Waals surface area contributed by atoms with E-state index < -0.39 is 0 Å². The number of rotatable bonds is 8. The number of aryl methyl sites for hydroxylation is 1. The van der Waals surface area contributed by atoms with Gasteiger partial charge in [0.2, 0.25) is 0 Å². The SMILES string of the molecule is CCN(c1cc(Cl)cc(C(=O)NCc2c(OC)[nH]c3c(c2=O)CCC3)c1C)[C@H]1CC[C@H](N(C)C)CC1. The molecule has 2 aliphatic rings. The van der Waals surface area contributed by atoms with Crippen LogP contribution in [0.5, 0.6) is 5.88 Å². The average molecular weight is 515 g/mol. The molecular formula is C28H39ClN4O3. The van der Waals surface area contributed by atoms with Crippen molar-refractivity contribution in [3.05, 3.63) is 55.3 Å². The summed E-state index contributed by atoms with van der Waals surface area (Å²) in [7, 11) is 5.85. The van der Waals surface area contributed by atoms with Crippen molar-refractivity contribution in [2.45, 2.75) is 77.4 Å². The minimum Gasteiger partial charge on any atom is -0.482 e. The number of fused-ring (bicyclic) bond motifs is 1. The van der Waals surface area contributed by atoms with E-state index in [0.29, 0.717) is 34.1 Å². The predicted octanol–water partition coefficient (Wildman–Crippen LogP) is 4.46. The maximum atomic E-state index is 13.3. The number of methoxy groups -OCH3 is 1. The molecule has 0 saturated heterocycles. The molecule has 4 rings (SSSR count). The van der Waals surface area contributed by atoms with E-state index in [-0.39, 0.29) is 17.9 Å². The molecule has 1 amide bonds. The zero-order chi connectivity index (χ0) is 26.0. The Labute approximate surface area is 219 Å². The lowest BCUT2D eigenvalue weighted by Gasteiger charge is -2.40. The Balaban J connectivity index is 1.55. The second-order valence-corrected chi connectivity index (χ2v) is 10.7. The predicted molar refractivity (Wildman–Crippen MR) is 146 cm³/mol. The van der Waals surface area contributed by atoms with Gasteiger partial charge in [-0.2, -0.15) is 0 Å². The number of ether oxygens (including phenoxy) is 1. The largest absolute Gasteiger partial charge is 0.482 e. The number of anilines is 1. The second kappa shape index (κ2) is 11.3. The van der Waals surface area contributed by atoms with Crippen LogP contribution in [0.1, 0.15) is 71.8 Å². The number of H-pyrrole nitrogens is 1. The Morgan fingerprint density at radius 1 is 1.17 bits per heavy atom. The minimum atomic E-state index is -0.245. The van der Waals surface area contributed by atoms with E-state index in [2.05, 4.69) is 41.1 Å². The summed E-state index contributed by atoms with van der Waals surface area (Å²) in [6.07, 6.45) is 7.13. The van der Waals surface area contributed by atoms with Crippen molar-refractivity contribution < 1.29 is 9.53 Å². The number of halogens is 1. The molecule has 0 spiro atoms. The number of hydrogen-bond donors (Lipinski definition) is 2. The van der Waals surface area contributed by atoms with E-state index in [1.807, 2.05) is 13.0 Å². The van der Waals surface area contributed by atoms with E-state index >= 15 is 0 Å². The maximum absolute atomic E-state index is 13.3. The first-order valence-corrected chi connectivity index (χ1v) is 13.4. The molecule has 2 aliphatic carbocycles. The molecule has 1 heterocycles. The van der Waals surface area contributed by atoms with Gasteiger partial charge in [0, 0.05) is 46.2 Å². The topological polar surface area (TPSA) is 77.7 Å². The first kappa shape index (κ1) is 26.6. The number of carbonyl (C=O) groups is 1. The number of carbonyl (C=O) groups excluding carboxylic acids is 1. The van der Waals surface area contributed by atoms with E-state index in [1.54, 1.807) is 6.07 Å². The highest BCUT2D eigenvalue weighted by molar-refractivity contribution is 6.31. The lowest BCUT2D eigenvalue weighted by Crippen LogP contribution is -2.42. The smallest absolute Gasteiger partial charge is 0.251 e. The number of amides is 1. The summed E-state index contributed by atoms with van der Waals surface area (Å²) in [5.74, 6) is 0.181. The summed E-state index contributed by atoms with van der Waals surface area (Å²) >= 11 is 6.54. The third-order valence-corrected chi connectivity index (χ3v) is 8.23. The molecule has 7 nitrogen and oxygen atoms in total. The van der Waals surface area contributed by atoms with Crippen LogP contribution in [0.2, 0.25) is 5.02 Å². The Morgan fingerprint density at radius 2 is 1.86 bits per heavy atom. The van der Waals surface area contributed by atoms with Crippen molar-refractivity contribution in [2.24, 2.45) is 0 Å². The number of aromatic amines is 1. The molecule has 1 aromatic carbocycles. The summed E-state index contributed by atoms with van der Waals surface area (Å²) in [6.45, 7) is 5.08. The van der Waals surface area contributed by atoms with Crippen LogP contribution >= 0.6 is 11.6 Å². The number of benzene rings is 1. The van der Waals surface area contributed by atoms with Crippen LogP contribution in [-0.4, -0.2) is 55.6 Å². The van der Waals surface area contributed by atoms with Crippen molar-refractivity contribution in [2.75, 3.05) is 32.6 Å². The third kappa shape index (κ3) is 5.28. The molecule has 2 aromatic rings. The van der Waals surface area contributed by atoms with Gasteiger partial charge in [-0.3, -0.25) is 9.59 Å². The molecule has 0 atom stereocenters. The lowest BCUT2D eigenvalue weighted by atomic mass is 9.89. The van der Waals surface area contributed by atoms with E-state index in [0.717, 1.165) is 74.0 Å². The molecule has 1 aromatic heterocycles. The van der Waals surface area contributed by atoms with Gasteiger partial charge < -0.3 is 24.8 Å². The standard InChI is InChI=1S/C28H39ClN4O3/c1-6-33(20-12-10-19(11-13-20)32(3)4)25-15-18(29)14-22(17(25)2)27(35)30-16-23-26(34)21-8-7-9-24(21)31-28(23)36-5/h14-15,19-20H,6-13,16H2,1-5H3,(H,30,35)(H,31,34)/t19-,20-. The minimum absolute atomic E-state index is 0.0348. The molecule has 0 aliphatic heterocycles. The second-order valence-electron chi connectivity index (χ2n) is 10.3. The number of aromatic nitrogens is 1. The van der Waals surface area contributed by atoms with Crippen LogP contribution in [0.3, 0.4) is 0 Å². The molecule has 2 N–H and O–H groups in total. The van der Waals surface area contributed by atoms with Crippen molar-refractivity contribution in [1.29, 1.82) is 0 Å². The van der Waals surface area contributed by atoms with Crippen LogP contribution in [0.15, 0.2) is 16.9 Å². The molecule has 196 valence electrons. The van der Waals surface area contributed by atoms with Crippen LogP contribution in [0.4, 0.5) is 5.69 Å². The van der Waals surface area contributed by atoms with Gasteiger partial charge in [-0.05, 0) is 90.6 Å². The van der Waals surface area contributed by atoms with Gasteiger partial charge in [0.05, 0.1) is 19.2 Å². The van der Waals surface area contributed by atoms with Crippen molar-refractivity contribution >= 4 is 23.2 Å². The first-order chi connectivity index (χ1) is 17.2. The van der Waals surface area contributed by atoms with Gasteiger partial charge in [0.25, 0.3) is 5.91 Å². The highest BCUT2D eigenvalue weighted by Crippen LogP contribution is 2.34. The summed E-state index contributed by atoms with van der Waals surface area (Å²) < 4.78 is 5.45. The highest BCUT2D eigenvalue weighted by Gasteiger charge is 2.28. The Bertz CT molecular complexity index is 1170. The number of nitrogens with one attached hydrogen (secondary N) is 2. The van der Waals surface area contributed by atoms with Gasteiger partial charge in [0.15, 0.2) is 11.3 Å². The van der Waals surface area contributed by atoms with Gasteiger partial charge in [0.1, 0.15) is 0 Å². The zero-order valence-corrected chi connectivity index (χ0v) is 22.9. The normalized spacial score (nSPS) is 19.3. The van der Waals surface area contributed by atoms with Crippen molar-refractivity contribution in [1.82, 2.24) is 15.2 Å². The molecule has 8 heteroatoms. The monoisotopic (exact) mass is 514 g/mol. The fraction of sp³-hybridized carbons (Fsp3) is 0.571. The fourth-order valence-electron chi connectivity index (χ4n) is 5.94. The van der Waals surface area contributed by atoms with E-state index in [9.17, 15) is 9.59 Å². The third-order valence-electron chi connectivity index (χ3n) is 8.01. The Kier molecular flexibility index (Phi) is 8.30. The number of pyridine rings is 1. The number of nitrogens with zero attached hydrogens (tertiary/aromatic N) is 2. The molecule has 0 radical (unpaired) electrons. The van der Waals surface area contributed by atoms with Gasteiger partial charge in [-0.25, -0.2) is 0 Å². The maximum Gasteiger partial charge on any atom is 0.251 e. The Hall–Kier alpha value is -2.51. The van der Waals surface area contributed by atoms with Gasteiger partial charge in [-0.15, -0.1) is 0 Å². The van der Waals surface area contributed by atoms with E-state index in [1.165, 1.54) is 7.11 Å². The van der Waals surface area contributed by atoms with Crippen LogP contribution in [0, 0.1) is 6.92 Å². The van der Waals surface area contributed by atoms with Crippen LogP contribution in [0.25, 0.3) is 0 Å².